The van der Waals surface area contributed by atoms with Gasteiger partial charge in [0.2, 0.25) is 0 Å². The first-order valence-electron chi connectivity index (χ1n) is 6.72. The number of aryl methyl sites for hydroxylation is 1. The van der Waals surface area contributed by atoms with Gasteiger partial charge in [0.05, 0.1) is 7.11 Å². The van der Waals surface area contributed by atoms with Crippen LogP contribution in [0.1, 0.15) is 5.76 Å². The summed E-state index contributed by atoms with van der Waals surface area (Å²) in [7, 11) is 1.55. The van der Waals surface area contributed by atoms with Crippen molar-refractivity contribution in [2.75, 3.05) is 25.6 Å². The summed E-state index contributed by atoms with van der Waals surface area (Å²) in [5.41, 5.74) is 0.571. The van der Waals surface area contributed by atoms with E-state index in [1.165, 1.54) is 6.07 Å². The minimum Gasteiger partial charge on any atom is -0.497 e. The Balaban J connectivity index is 1.69. The van der Waals surface area contributed by atoms with Crippen molar-refractivity contribution in [2.24, 2.45) is 0 Å². The minimum absolute atomic E-state index is 0.183. The monoisotopic (exact) mass is 320 g/mol. The van der Waals surface area contributed by atoms with E-state index in [0.717, 1.165) is 0 Å². The zero-order valence-corrected chi connectivity index (χ0v) is 12.7. The van der Waals surface area contributed by atoms with Crippen molar-refractivity contribution < 1.29 is 28.3 Å². The molecule has 2 rings (SSSR count). The molecule has 8 heteroatoms. The number of amides is 1. The summed E-state index contributed by atoms with van der Waals surface area (Å²) in [6.45, 7) is 0.926. The Morgan fingerprint density at radius 1 is 1.22 bits per heavy atom. The maximum atomic E-state index is 11.7. The van der Waals surface area contributed by atoms with Crippen LogP contribution >= 0.6 is 0 Å². The second kappa shape index (κ2) is 7.83. The Morgan fingerprint density at radius 3 is 2.57 bits per heavy atom. The number of nitrogens with one attached hydrogen (secondary N) is 1. The molecule has 0 aliphatic rings. The number of esters is 1. The highest BCUT2D eigenvalue weighted by molar-refractivity contribution is 5.92. The van der Waals surface area contributed by atoms with Gasteiger partial charge in [-0.15, -0.1) is 0 Å². The lowest BCUT2D eigenvalue weighted by Crippen LogP contribution is -2.23. The topological polar surface area (TPSA) is 99.9 Å². The van der Waals surface area contributed by atoms with E-state index in [4.69, 9.17) is 18.7 Å². The highest BCUT2D eigenvalue weighted by atomic mass is 16.6. The van der Waals surface area contributed by atoms with Crippen LogP contribution in [0.2, 0.25) is 0 Å². The molecule has 0 spiro atoms. The lowest BCUT2D eigenvalue weighted by molar-refractivity contribution is -0.149. The predicted octanol–water partition coefficient (Wildman–Crippen LogP) is 1.55. The van der Waals surface area contributed by atoms with E-state index in [0.29, 0.717) is 17.2 Å². The van der Waals surface area contributed by atoms with Gasteiger partial charge in [-0.3, -0.25) is 4.79 Å². The van der Waals surface area contributed by atoms with Gasteiger partial charge in [-0.1, -0.05) is 0 Å². The number of aromatic nitrogens is 1. The van der Waals surface area contributed by atoms with E-state index in [9.17, 15) is 9.59 Å². The number of benzene rings is 1. The van der Waals surface area contributed by atoms with Crippen molar-refractivity contribution in [2.45, 2.75) is 6.92 Å². The molecule has 0 atom stereocenters. The Labute approximate surface area is 132 Å². The fourth-order valence-electron chi connectivity index (χ4n) is 1.60. The van der Waals surface area contributed by atoms with Crippen molar-refractivity contribution in [1.29, 1.82) is 0 Å². The number of hydrogen-bond donors (Lipinski definition) is 1. The molecule has 1 amide bonds. The van der Waals surface area contributed by atoms with Gasteiger partial charge < -0.3 is 24.1 Å². The van der Waals surface area contributed by atoms with Crippen LogP contribution in [-0.2, 0) is 14.3 Å². The minimum atomic E-state index is -0.685. The average molecular weight is 320 g/mol. The molecule has 1 heterocycles. The summed E-state index contributed by atoms with van der Waals surface area (Å²) in [6.07, 6.45) is 0. The fraction of sp³-hybridized carbons (Fsp3) is 0.267. The second-order valence-corrected chi connectivity index (χ2v) is 4.50. The summed E-state index contributed by atoms with van der Waals surface area (Å²) in [5, 5.41) is 6.14. The van der Waals surface area contributed by atoms with E-state index in [1.807, 2.05) is 0 Å². The molecule has 0 saturated heterocycles. The Morgan fingerprint density at radius 2 is 1.96 bits per heavy atom. The van der Waals surface area contributed by atoms with E-state index in [1.54, 1.807) is 38.3 Å². The molecule has 2 aromatic rings. The number of rotatable bonds is 7. The molecule has 8 nitrogen and oxygen atoms in total. The number of anilines is 1. The zero-order chi connectivity index (χ0) is 16.7. The van der Waals surface area contributed by atoms with Gasteiger partial charge in [-0.05, 0) is 36.3 Å². The van der Waals surface area contributed by atoms with Gasteiger partial charge in [0, 0.05) is 11.8 Å². The van der Waals surface area contributed by atoms with E-state index >= 15 is 0 Å². The molecule has 0 aliphatic heterocycles. The van der Waals surface area contributed by atoms with Crippen LogP contribution in [-0.4, -0.2) is 37.4 Å². The van der Waals surface area contributed by atoms with Gasteiger partial charge in [0.1, 0.15) is 11.5 Å². The van der Waals surface area contributed by atoms with E-state index < -0.39 is 18.5 Å². The average Bonchev–Trinajstić information content (AvgIpc) is 2.97. The molecule has 0 saturated carbocycles. The third kappa shape index (κ3) is 5.34. The van der Waals surface area contributed by atoms with Crippen molar-refractivity contribution >= 4 is 17.6 Å². The molecular weight excluding hydrogens is 304 g/mol. The van der Waals surface area contributed by atoms with Crippen LogP contribution in [0.5, 0.6) is 11.6 Å². The molecule has 0 fully saturated rings. The lowest BCUT2D eigenvalue weighted by Gasteiger charge is -2.07. The summed E-state index contributed by atoms with van der Waals surface area (Å²) in [4.78, 5) is 23.1. The molecule has 0 radical (unpaired) electrons. The first-order chi connectivity index (χ1) is 11.1. The fourth-order valence-corrected chi connectivity index (χ4v) is 1.60. The van der Waals surface area contributed by atoms with Crippen LogP contribution in [0, 0.1) is 6.92 Å². The van der Waals surface area contributed by atoms with Crippen molar-refractivity contribution in [3.63, 3.8) is 0 Å². The number of carbonyl (C=O) groups is 2. The standard InChI is InChI=1S/C15H16N2O6/c1-10-7-14(17-23-10)21-9-15(19)22-8-13(18)16-11-3-5-12(20-2)6-4-11/h3-7H,8-9H2,1-2H3,(H,16,18). The van der Waals surface area contributed by atoms with Crippen LogP contribution in [0.4, 0.5) is 5.69 Å². The molecule has 0 bridgehead atoms. The molecule has 0 unspecified atom stereocenters. The highest BCUT2D eigenvalue weighted by Gasteiger charge is 2.10. The summed E-state index contributed by atoms with van der Waals surface area (Å²) < 4.78 is 19.6. The number of nitrogens with zero attached hydrogens (tertiary/aromatic N) is 1. The maximum absolute atomic E-state index is 11.7. The van der Waals surface area contributed by atoms with Crippen molar-refractivity contribution in [1.82, 2.24) is 5.16 Å². The van der Waals surface area contributed by atoms with E-state index in [-0.39, 0.29) is 12.5 Å². The molecule has 1 N–H and O–H groups in total. The SMILES string of the molecule is COc1ccc(NC(=O)COC(=O)COc2cc(C)on2)cc1. The molecular formula is C15H16N2O6. The predicted molar refractivity (Wildman–Crippen MR) is 79.3 cm³/mol. The summed E-state index contributed by atoms with van der Waals surface area (Å²) in [5.74, 6) is 0.278. The first kappa shape index (κ1) is 16.3. The smallest absolute Gasteiger partial charge is 0.344 e. The number of methoxy groups -OCH3 is 1. The molecule has 0 aliphatic carbocycles. The third-order valence-electron chi connectivity index (χ3n) is 2.68. The van der Waals surface area contributed by atoms with Gasteiger partial charge in [0.15, 0.2) is 13.2 Å². The molecule has 1 aromatic heterocycles. The van der Waals surface area contributed by atoms with Crippen molar-refractivity contribution in [3.05, 3.63) is 36.1 Å². The molecule has 23 heavy (non-hydrogen) atoms. The Hall–Kier alpha value is -3.03. The second-order valence-electron chi connectivity index (χ2n) is 4.50. The third-order valence-corrected chi connectivity index (χ3v) is 2.68. The van der Waals surface area contributed by atoms with Gasteiger partial charge in [-0.2, -0.15) is 0 Å². The molecule has 1 aromatic carbocycles. The van der Waals surface area contributed by atoms with Crippen molar-refractivity contribution in [3.8, 4) is 11.6 Å². The van der Waals surface area contributed by atoms with Gasteiger partial charge in [0.25, 0.3) is 11.8 Å². The van der Waals surface area contributed by atoms with Crippen LogP contribution in [0.3, 0.4) is 0 Å². The number of hydrogen-bond acceptors (Lipinski definition) is 7. The highest BCUT2D eigenvalue weighted by Crippen LogP contribution is 2.14. The van der Waals surface area contributed by atoms with Crippen LogP contribution in [0.15, 0.2) is 34.9 Å². The zero-order valence-electron chi connectivity index (χ0n) is 12.7. The maximum Gasteiger partial charge on any atom is 0.344 e. The van der Waals surface area contributed by atoms with Gasteiger partial charge >= 0.3 is 5.97 Å². The first-order valence-corrected chi connectivity index (χ1v) is 6.72. The summed E-state index contributed by atoms with van der Waals surface area (Å²) in [6, 6.07) is 8.29. The Bertz CT molecular complexity index is 665. The lowest BCUT2D eigenvalue weighted by atomic mass is 10.3. The number of ether oxygens (including phenoxy) is 3. The number of carbonyl (C=O) groups excluding carboxylic acids is 2. The van der Waals surface area contributed by atoms with Gasteiger partial charge in [-0.25, -0.2) is 4.79 Å². The summed E-state index contributed by atoms with van der Waals surface area (Å²) >= 11 is 0. The normalized spacial score (nSPS) is 10.0. The van der Waals surface area contributed by atoms with Crippen LogP contribution < -0.4 is 14.8 Å². The molecule has 122 valence electrons. The Kier molecular flexibility index (Phi) is 5.56. The van der Waals surface area contributed by atoms with E-state index in [2.05, 4.69) is 10.5 Å². The van der Waals surface area contributed by atoms with Crippen LogP contribution in [0.25, 0.3) is 0 Å². The largest absolute Gasteiger partial charge is 0.497 e. The quantitative estimate of drug-likeness (QED) is 0.772.